The summed E-state index contributed by atoms with van der Waals surface area (Å²) in [5.41, 5.74) is 3.18. The van der Waals surface area contributed by atoms with E-state index in [0.717, 1.165) is 19.0 Å². The van der Waals surface area contributed by atoms with E-state index in [2.05, 4.69) is 50.4 Å². The molecule has 2 rings (SSSR count). The molecule has 1 fully saturated rings. The zero-order chi connectivity index (χ0) is 16.3. The molecule has 0 atom stereocenters. The molecule has 1 saturated heterocycles. The second kappa shape index (κ2) is 6.47. The zero-order valence-corrected chi connectivity index (χ0v) is 12.3. The van der Waals surface area contributed by atoms with Crippen LogP contribution in [0.1, 0.15) is 37.8 Å². The van der Waals surface area contributed by atoms with Crippen LogP contribution < -0.4 is 5.32 Å². The SMILES string of the molecule is CC(C)(C)c1ccc(C2CNC2)cc1.O=C(O)C(F)(F)F. The number of carbonyl (C=O) groups is 1. The lowest BCUT2D eigenvalue weighted by atomic mass is 9.85. The Morgan fingerprint density at radius 3 is 1.81 bits per heavy atom. The first-order chi connectivity index (χ1) is 9.51. The summed E-state index contributed by atoms with van der Waals surface area (Å²) >= 11 is 0. The highest BCUT2D eigenvalue weighted by Crippen LogP contribution is 2.25. The van der Waals surface area contributed by atoms with Gasteiger partial charge in [0.2, 0.25) is 0 Å². The molecule has 118 valence electrons. The smallest absolute Gasteiger partial charge is 0.475 e. The second-order valence-corrected chi connectivity index (χ2v) is 6.03. The number of carboxylic acids is 1. The first-order valence-electron chi connectivity index (χ1n) is 6.63. The molecule has 1 aromatic carbocycles. The van der Waals surface area contributed by atoms with E-state index >= 15 is 0 Å². The quantitative estimate of drug-likeness (QED) is 0.837. The van der Waals surface area contributed by atoms with E-state index in [4.69, 9.17) is 9.90 Å². The summed E-state index contributed by atoms with van der Waals surface area (Å²) in [5.74, 6) is -2.00. The van der Waals surface area contributed by atoms with Gasteiger partial charge < -0.3 is 10.4 Å². The standard InChI is InChI=1S/C13H19N.C2HF3O2/c1-13(2,3)12-6-4-10(5-7-12)11-8-14-9-11;3-2(4,5)1(6)7/h4-7,11,14H,8-9H2,1-3H3;(H,6,7). The summed E-state index contributed by atoms with van der Waals surface area (Å²) in [5, 5.41) is 10.4. The van der Waals surface area contributed by atoms with Crippen molar-refractivity contribution in [1.29, 1.82) is 0 Å². The van der Waals surface area contributed by atoms with Crippen molar-refractivity contribution in [2.24, 2.45) is 0 Å². The maximum absolute atomic E-state index is 10.6. The highest BCUT2D eigenvalue weighted by atomic mass is 19.4. The summed E-state index contributed by atoms with van der Waals surface area (Å²) in [4.78, 5) is 8.90. The van der Waals surface area contributed by atoms with Gasteiger partial charge in [-0.15, -0.1) is 0 Å². The van der Waals surface area contributed by atoms with Crippen LogP contribution in [0.25, 0.3) is 0 Å². The fraction of sp³-hybridized carbons (Fsp3) is 0.533. The van der Waals surface area contributed by atoms with Crippen molar-refractivity contribution in [3.05, 3.63) is 35.4 Å². The Balaban J connectivity index is 0.000000270. The predicted octanol–water partition coefficient (Wildman–Crippen LogP) is 3.30. The zero-order valence-electron chi connectivity index (χ0n) is 12.3. The van der Waals surface area contributed by atoms with Crippen molar-refractivity contribution in [1.82, 2.24) is 5.32 Å². The van der Waals surface area contributed by atoms with Gasteiger partial charge in [0.15, 0.2) is 0 Å². The minimum absolute atomic E-state index is 0.274. The average molecular weight is 303 g/mol. The lowest BCUT2D eigenvalue weighted by Crippen LogP contribution is -2.39. The van der Waals surface area contributed by atoms with Crippen LogP contribution in [0.5, 0.6) is 0 Å². The van der Waals surface area contributed by atoms with Gasteiger partial charge >= 0.3 is 12.1 Å². The van der Waals surface area contributed by atoms with E-state index in [1.54, 1.807) is 0 Å². The number of hydrogen-bond acceptors (Lipinski definition) is 2. The Labute approximate surface area is 122 Å². The summed E-state index contributed by atoms with van der Waals surface area (Å²) < 4.78 is 31.7. The number of carboxylic acid groups (broad SMARTS) is 1. The van der Waals surface area contributed by atoms with Gasteiger partial charge in [-0.2, -0.15) is 13.2 Å². The highest BCUT2D eigenvalue weighted by Gasteiger charge is 2.38. The van der Waals surface area contributed by atoms with Crippen LogP contribution in [0.3, 0.4) is 0 Å². The third kappa shape index (κ3) is 5.38. The van der Waals surface area contributed by atoms with E-state index in [0.29, 0.717) is 0 Å². The molecule has 0 spiro atoms. The van der Waals surface area contributed by atoms with Gasteiger partial charge in [0, 0.05) is 19.0 Å². The van der Waals surface area contributed by atoms with Gasteiger partial charge in [-0.05, 0) is 16.5 Å². The molecule has 3 nitrogen and oxygen atoms in total. The van der Waals surface area contributed by atoms with Crippen LogP contribution >= 0.6 is 0 Å². The summed E-state index contributed by atoms with van der Waals surface area (Å²) in [6.07, 6.45) is -5.08. The Kier molecular flexibility index (Phi) is 5.39. The van der Waals surface area contributed by atoms with Crippen LogP contribution in [0, 0.1) is 0 Å². The van der Waals surface area contributed by atoms with Gasteiger partial charge in [0.05, 0.1) is 0 Å². The molecule has 1 heterocycles. The van der Waals surface area contributed by atoms with Gasteiger partial charge in [-0.3, -0.25) is 0 Å². The Morgan fingerprint density at radius 2 is 1.57 bits per heavy atom. The molecule has 0 bridgehead atoms. The molecule has 0 amide bonds. The largest absolute Gasteiger partial charge is 0.490 e. The first kappa shape index (κ1) is 17.5. The second-order valence-electron chi connectivity index (χ2n) is 6.03. The maximum Gasteiger partial charge on any atom is 0.490 e. The van der Waals surface area contributed by atoms with Crippen molar-refractivity contribution < 1.29 is 23.1 Å². The molecule has 2 N–H and O–H groups in total. The van der Waals surface area contributed by atoms with Crippen LogP contribution in [0.15, 0.2) is 24.3 Å². The molecule has 0 aromatic heterocycles. The van der Waals surface area contributed by atoms with Crippen LogP contribution in [0.2, 0.25) is 0 Å². The molecular weight excluding hydrogens is 283 g/mol. The lowest BCUT2D eigenvalue weighted by Gasteiger charge is -2.28. The molecule has 0 radical (unpaired) electrons. The van der Waals surface area contributed by atoms with Crippen molar-refractivity contribution in [3.63, 3.8) is 0 Å². The number of aliphatic carboxylic acids is 1. The topological polar surface area (TPSA) is 49.3 Å². The van der Waals surface area contributed by atoms with Crippen molar-refractivity contribution in [3.8, 4) is 0 Å². The van der Waals surface area contributed by atoms with E-state index in [1.165, 1.54) is 11.1 Å². The number of benzene rings is 1. The number of rotatable bonds is 1. The van der Waals surface area contributed by atoms with Crippen molar-refractivity contribution >= 4 is 5.97 Å². The third-order valence-electron chi connectivity index (χ3n) is 3.27. The van der Waals surface area contributed by atoms with E-state index in [1.807, 2.05) is 0 Å². The minimum atomic E-state index is -5.08. The molecule has 0 saturated carbocycles. The van der Waals surface area contributed by atoms with Gasteiger partial charge in [-0.1, -0.05) is 45.0 Å². The number of alkyl halides is 3. The average Bonchev–Trinajstić information content (AvgIpc) is 2.25. The molecule has 1 aromatic rings. The molecule has 6 heteroatoms. The Morgan fingerprint density at radius 1 is 1.14 bits per heavy atom. The monoisotopic (exact) mass is 303 g/mol. The molecule has 21 heavy (non-hydrogen) atoms. The molecular formula is C15H20F3NO2. The van der Waals surface area contributed by atoms with E-state index in [9.17, 15) is 13.2 Å². The molecule has 0 unspecified atom stereocenters. The maximum atomic E-state index is 10.6. The normalized spacial score (nSPS) is 15.7. The Hall–Kier alpha value is -1.56. The predicted molar refractivity (Wildman–Crippen MR) is 74.4 cm³/mol. The lowest BCUT2D eigenvalue weighted by molar-refractivity contribution is -0.192. The summed E-state index contributed by atoms with van der Waals surface area (Å²) in [7, 11) is 0. The van der Waals surface area contributed by atoms with Crippen LogP contribution in [-0.2, 0) is 10.2 Å². The van der Waals surface area contributed by atoms with Gasteiger partial charge in [0.1, 0.15) is 0 Å². The van der Waals surface area contributed by atoms with Crippen molar-refractivity contribution in [2.75, 3.05) is 13.1 Å². The summed E-state index contributed by atoms with van der Waals surface area (Å²) in [6.45, 7) is 9.07. The van der Waals surface area contributed by atoms with E-state index in [-0.39, 0.29) is 5.41 Å². The Bertz CT molecular complexity index is 471. The fourth-order valence-electron chi connectivity index (χ4n) is 1.78. The van der Waals surface area contributed by atoms with Gasteiger partial charge in [-0.25, -0.2) is 4.79 Å². The van der Waals surface area contributed by atoms with Crippen LogP contribution in [-0.4, -0.2) is 30.3 Å². The van der Waals surface area contributed by atoms with Crippen LogP contribution in [0.4, 0.5) is 13.2 Å². The van der Waals surface area contributed by atoms with Crippen molar-refractivity contribution in [2.45, 2.75) is 38.3 Å². The molecule has 1 aliphatic rings. The summed E-state index contributed by atoms with van der Waals surface area (Å²) in [6, 6.07) is 9.11. The van der Waals surface area contributed by atoms with E-state index < -0.39 is 12.1 Å². The fourth-order valence-corrected chi connectivity index (χ4v) is 1.78. The molecule has 1 aliphatic heterocycles. The number of nitrogens with one attached hydrogen (secondary N) is 1. The number of hydrogen-bond donors (Lipinski definition) is 2. The minimum Gasteiger partial charge on any atom is -0.475 e. The number of halogens is 3. The molecule has 0 aliphatic carbocycles. The third-order valence-corrected chi connectivity index (χ3v) is 3.27. The first-order valence-corrected chi connectivity index (χ1v) is 6.63. The highest BCUT2D eigenvalue weighted by molar-refractivity contribution is 5.73. The van der Waals surface area contributed by atoms with Gasteiger partial charge in [0.25, 0.3) is 0 Å².